The summed E-state index contributed by atoms with van der Waals surface area (Å²) < 4.78 is 19.4. The van der Waals surface area contributed by atoms with E-state index >= 15 is 0 Å². The van der Waals surface area contributed by atoms with Gasteiger partial charge in [-0.25, -0.2) is 9.37 Å². The predicted octanol–water partition coefficient (Wildman–Crippen LogP) is 4.88. The number of nitrogens with zero attached hydrogens (tertiary/aromatic N) is 2. The molecule has 5 nitrogen and oxygen atoms in total. The fraction of sp³-hybridized carbons (Fsp3) is 0.105. The molecule has 132 valence electrons. The first-order chi connectivity index (χ1) is 12.6. The number of hydrogen-bond donors (Lipinski definition) is 1. The molecule has 0 radical (unpaired) electrons. The summed E-state index contributed by atoms with van der Waals surface area (Å²) in [6.07, 6.45) is 2.12. The summed E-state index contributed by atoms with van der Waals surface area (Å²) >= 11 is 6.23. The second kappa shape index (κ2) is 7.93. The first-order valence-corrected chi connectivity index (χ1v) is 8.29. The Balaban J connectivity index is 1.80. The molecule has 0 atom stereocenters. The normalized spacial score (nSPS) is 10.4. The molecule has 2 aromatic carbocycles. The first kappa shape index (κ1) is 17.8. The van der Waals surface area contributed by atoms with Crippen molar-refractivity contribution in [2.45, 2.75) is 13.3 Å². The van der Waals surface area contributed by atoms with Crippen molar-refractivity contribution in [3.63, 3.8) is 0 Å². The molecular formula is C19H15ClFN3O2. The molecule has 0 aliphatic heterocycles. The quantitative estimate of drug-likeness (QED) is 0.694. The lowest BCUT2D eigenvalue weighted by atomic mass is 10.2. The number of hydrogen-bond acceptors (Lipinski definition) is 4. The summed E-state index contributed by atoms with van der Waals surface area (Å²) in [5, 5.41) is 2.49. The van der Waals surface area contributed by atoms with Crippen LogP contribution in [0.4, 0.5) is 10.2 Å². The maximum absolute atomic E-state index is 13.7. The molecule has 1 N–H and O–H groups in total. The highest BCUT2D eigenvalue weighted by atomic mass is 35.5. The number of anilines is 1. The van der Waals surface area contributed by atoms with Gasteiger partial charge in [0.2, 0.25) is 5.88 Å². The summed E-state index contributed by atoms with van der Waals surface area (Å²) in [4.78, 5) is 20.1. The molecule has 0 unspecified atom stereocenters. The van der Waals surface area contributed by atoms with Crippen molar-refractivity contribution in [3.05, 3.63) is 76.8 Å². The van der Waals surface area contributed by atoms with Gasteiger partial charge in [-0.2, -0.15) is 4.98 Å². The van der Waals surface area contributed by atoms with Crippen LogP contribution in [0.2, 0.25) is 5.02 Å². The van der Waals surface area contributed by atoms with Crippen LogP contribution >= 0.6 is 11.6 Å². The van der Waals surface area contributed by atoms with Gasteiger partial charge in [0, 0.05) is 0 Å². The summed E-state index contributed by atoms with van der Waals surface area (Å²) in [6.45, 7) is 2.06. The summed E-state index contributed by atoms with van der Waals surface area (Å²) in [7, 11) is 0. The number of benzene rings is 2. The zero-order valence-electron chi connectivity index (χ0n) is 13.9. The number of carbonyl (C=O) groups excluding carboxylic acids is 1. The molecule has 1 aromatic heterocycles. The molecule has 3 aromatic rings. The van der Waals surface area contributed by atoms with E-state index in [9.17, 15) is 9.18 Å². The SMILES string of the molecule is CCc1ccc(Oc2ncnc(NC(=O)c3ccccc3F)c2Cl)cc1. The van der Waals surface area contributed by atoms with Gasteiger partial charge in [-0.15, -0.1) is 0 Å². The van der Waals surface area contributed by atoms with E-state index in [0.717, 1.165) is 6.42 Å². The molecule has 0 aliphatic carbocycles. The van der Waals surface area contributed by atoms with Crippen molar-refractivity contribution in [2.24, 2.45) is 0 Å². The lowest BCUT2D eigenvalue weighted by Gasteiger charge is -2.10. The Morgan fingerprint density at radius 3 is 2.58 bits per heavy atom. The highest BCUT2D eigenvalue weighted by Gasteiger charge is 2.17. The monoisotopic (exact) mass is 371 g/mol. The largest absolute Gasteiger partial charge is 0.437 e. The van der Waals surface area contributed by atoms with Gasteiger partial charge in [-0.05, 0) is 36.2 Å². The van der Waals surface area contributed by atoms with Gasteiger partial charge in [0.05, 0.1) is 5.56 Å². The van der Waals surface area contributed by atoms with Crippen LogP contribution in [0.3, 0.4) is 0 Å². The van der Waals surface area contributed by atoms with Crippen molar-refractivity contribution in [2.75, 3.05) is 5.32 Å². The number of rotatable bonds is 5. The zero-order chi connectivity index (χ0) is 18.5. The van der Waals surface area contributed by atoms with Gasteiger partial charge in [0.25, 0.3) is 5.91 Å². The highest BCUT2D eigenvalue weighted by Crippen LogP contribution is 2.31. The van der Waals surface area contributed by atoms with Crippen LogP contribution in [0.1, 0.15) is 22.8 Å². The molecule has 0 aliphatic rings. The number of aryl methyl sites for hydroxylation is 1. The first-order valence-electron chi connectivity index (χ1n) is 7.91. The Morgan fingerprint density at radius 1 is 1.15 bits per heavy atom. The maximum atomic E-state index is 13.7. The van der Waals surface area contributed by atoms with E-state index in [1.807, 2.05) is 12.1 Å². The molecule has 0 saturated carbocycles. The van der Waals surface area contributed by atoms with Gasteiger partial charge in [0.1, 0.15) is 22.9 Å². The van der Waals surface area contributed by atoms with E-state index in [1.54, 1.807) is 18.2 Å². The summed E-state index contributed by atoms with van der Waals surface area (Å²) in [6, 6.07) is 13.1. The van der Waals surface area contributed by atoms with Gasteiger partial charge in [0.15, 0.2) is 5.82 Å². The summed E-state index contributed by atoms with van der Waals surface area (Å²) in [5.74, 6) is -0.622. The van der Waals surface area contributed by atoms with Gasteiger partial charge >= 0.3 is 0 Å². The average molecular weight is 372 g/mol. The van der Waals surface area contributed by atoms with Crippen molar-refractivity contribution >= 4 is 23.3 Å². The fourth-order valence-electron chi connectivity index (χ4n) is 2.24. The smallest absolute Gasteiger partial charge is 0.259 e. The number of nitrogens with one attached hydrogen (secondary N) is 1. The molecule has 0 spiro atoms. The predicted molar refractivity (Wildman–Crippen MR) is 97.3 cm³/mol. The highest BCUT2D eigenvalue weighted by molar-refractivity contribution is 6.34. The molecule has 0 saturated heterocycles. The number of aromatic nitrogens is 2. The Kier molecular flexibility index (Phi) is 5.43. The average Bonchev–Trinajstić information content (AvgIpc) is 2.66. The fourth-order valence-corrected chi connectivity index (χ4v) is 2.42. The minimum Gasteiger partial charge on any atom is -0.437 e. The van der Waals surface area contributed by atoms with E-state index in [1.165, 1.54) is 30.1 Å². The van der Waals surface area contributed by atoms with Crippen LogP contribution in [-0.2, 0) is 6.42 Å². The van der Waals surface area contributed by atoms with Crippen LogP contribution in [0.5, 0.6) is 11.6 Å². The third-order valence-electron chi connectivity index (χ3n) is 3.65. The maximum Gasteiger partial charge on any atom is 0.259 e. The molecule has 0 bridgehead atoms. The van der Waals surface area contributed by atoms with Gasteiger partial charge in [-0.1, -0.05) is 42.8 Å². The molecule has 0 fully saturated rings. The molecule has 26 heavy (non-hydrogen) atoms. The molecule has 3 rings (SSSR count). The van der Waals surface area contributed by atoms with Crippen molar-refractivity contribution in [1.29, 1.82) is 0 Å². The standard InChI is InChI=1S/C19H15ClFN3O2/c1-2-12-7-9-13(10-8-12)26-19-16(20)17(22-11-23-19)24-18(25)14-5-3-4-6-15(14)21/h3-11H,2H2,1H3,(H,22,23,24,25). The van der Waals surface area contributed by atoms with Crippen LogP contribution in [-0.4, -0.2) is 15.9 Å². The number of amides is 1. The van der Waals surface area contributed by atoms with E-state index < -0.39 is 11.7 Å². The Bertz CT molecular complexity index is 932. The molecule has 1 heterocycles. The molecular weight excluding hydrogens is 357 g/mol. The number of ether oxygens (including phenoxy) is 1. The van der Waals surface area contributed by atoms with Crippen LogP contribution < -0.4 is 10.1 Å². The van der Waals surface area contributed by atoms with Crippen LogP contribution in [0.25, 0.3) is 0 Å². The van der Waals surface area contributed by atoms with Crippen molar-refractivity contribution < 1.29 is 13.9 Å². The third kappa shape index (κ3) is 3.97. The lowest BCUT2D eigenvalue weighted by Crippen LogP contribution is -2.15. The van der Waals surface area contributed by atoms with E-state index in [0.29, 0.717) is 5.75 Å². The number of carbonyl (C=O) groups is 1. The Hall–Kier alpha value is -2.99. The zero-order valence-corrected chi connectivity index (χ0v) is 14.6. The minimum atomic E-state index is -0.665. The lowest BCUT2D eigenvalue weighted by molar-refractivity contribution is 0.102. The molecule has 1 amide bonds. The van der Waals surface area contributed by atoms with Crippen molar-refractivity contribution in [1.82, 2.24) is 9.97 Å². The summed E-state index contributed by atoms with van der Waals surface area (Å²) in [5.41, 5.74) is 1.06. The third-order valence-corrected chi connectivity index (χ3v) is 3.99. The Labute approximate surface area is 154 Å². The second-order valence-electron chi connectivity index (χ2n) is 5.37. The van der Waals surface area contributed by atoms with E-state index in [-0.39, 0.29) is 22.3 Å². The van der Waals surface area contributed by atoms with E-state index in [4.69, 9.17) is 16.3 Å². The van der Waals surface area contributed by atoms with E-state index in [2.05, 4.69) is 22.2 Å². The Morgan fingerprint density at radius 2 is 1.88 bits per heavy atom. The second-order valence-corrected chi connectivity index (χ2v) is 5.75. The van der Waals surface area contributed by atoms with Gasteiger partial charge in [-0.3, -0.25) is 4.79 Å². The van der Waals surface area contributed by atoms with Crippen LogP contribution in [0, 0.1) is 5.82 Å². The minimum absolute atomic E-state index is 0.0248. The molecule has 7 heteroatoms. The van der Waals surface area contributed by atoms with Crippen molar-refractivity contribution in [3.8, 4) is 11.6 Å². The number of halogens is 2. The topological polar surface area (TPSA) is 64.1 Å². The van der Waals surface area contributed by atoms with Gasteiger partial charge < -0.3 is 10.1 Å². The van der Waals surface area contributed by atoms with Crippen LogP contribution in [0.15, 0.2) is 54.9 Å².